The Morgan fingerprint density at radius 3 is 2.30 bits per heavy atom. The maximum Gasteiger partial charge on any atom is 0.319 e. The van der Waals surface area contributed by atoms with Crippen LogP contribution < -0.4 is 0 Å². The molecule has 20 heavy (non-hydrogen) atoms. The topological polar surface area (TPSA) is 26.8 Å². The Kier molecular flexibility index (Phi) is 4.95. The Labute approximate surface area is 119 Å². The molecular formula is C15H22FN3O. The van der Waals surface area contributed by atoms with Crippen molar-refractivity contribution < 1.29 is 9.18 Å². The summed E-state index contributed by atoms with van der Waals surface area (Å²) in [7, 11) is 3.56. The van der Waals surface area contributed by atoms with Gasteiger partial charge in [-0.1, -0.05) is 12.1 Å². The molecule has 0 spiro atoms. The Morgan fingerprint density at radius 2 is 1.75 bits per heavy atom. The molecule has 1 aromatic rings. The predicted octanol–water partition coefficient (Wildman–Crippen LogP) is 1.67. The molecule has 1 aliphatic heterocycles. The number of halogens is 1. The molecule has 110 valence electrons. The first-order chi connectivity index (χ1) is 9.56. The lowest BCUT2D eigenvalue weighted by atomic mass is 10.1. The fraction of sp³-hybridized carbons (Fsp3) is 0.533. The highest BCUT2D eigenvalue weighted by molar-refractivity contribution is 5.73. The Morgan fingerprint density at radius 1 is 1.15 bits per heavy atom. The molecule has 0 aromatic heterocycles. The Balaban J connectivity index is 1.74. The molecule has 0 unspecified atom stereocenters. The molecular weight excluding hydrogens is 257 g/mol. The van der Waals surface area contributed by atoms with Gasteiger partial charge < -0.3 is 9.80 Å². The third-order valence-electron chi connectivity index (χ3n) is 3.66. The average Bonchev–Trinajstić information content (AvgIpc) is 2.46. The van der Waals surface area contributed by atoms with Gasteiger partial charge in [0.1, 0.15) is 5.82 Å². The van der Waals surface area contributed by atoms with Crippen LogP contribution in [-0.4, -0.2) is 67.5 Å². The van der Waals surface area contributed by atoms with E-state index in [1.807, 2.05) is 17.0 Å². The monoisotopic (exact) mass is 279 g/mol. The van der Waals surface area contributed by atoms with Crippen molar-refractivity contribution in [3.63, 3.8) is 0 Å². The van der Waals surface area contributed by atoms with Crippen molar-refractivity contribution in [1.29, 1.82) is 0 Å². The Bertz CT molecular complexity index is 439. The molecule has 2 rings (SSSR count). The van der Waals surface area contributed by atoms with E-state index in [1.165, 1.54) is 12.1 Å². The zero-order valence-corrected chi connectivity index (χ0v) is 12.2. The number of piperazine rings is 1. The van der Waals surface area contributed by atoms with Gasteiger partial charge in [0.05, 0.1) is 0 Å². The molecule has 1 fully saturated rings. The van der Waals surface area contributed by atoms with E-state index in [4.69, 9.17) is 0 Å². The molecule has 0 N–H and O–H groups in total. The van der Waals surface area contributed by atoms with E-state index in [0.717, 1.165) is 44.7 Å². The minimum Gasteiger partial charge on any atom is -0.331 e. The zero-order chi connectivity index (χ0) is 14.5. The number of nitrogens with zero attached hydrogens (tertiary/aromatic N) is 3. The Hall–Kier alpha value is -1.62. The van der Waals surface area contributed by atoms with Gasteiger partial charge in [0, 0.05) is 46.8 Å². The average molecular weight is 279 g/mol. The zero-order valence-electron chi connectivity index (χ0n) is 12.2. The first-order valence-electron chi connectivity index (χ1n) is 6.99. The molecule has 2 amide bonds. The second kappa shape index (κ2) is 6.70. The molecule has 1 saturated heterocycles. The summed E-state index contributed by atoms with van der Waals surface area (Å²) in [6, 6.07) is 6.76. The van der Waals surface area contributed by atoms with Gasteiger partial charge in [-0.15, -0.1) is 0 Å². The molecule has 1 aliphatic rings. The van der Waals surface area contributed by atoms with Crippen LogP contribution in [0.4, 0.5) is 9.18 Å². The summed E-state index contributed by atoms with van der Waals surface area (Å²) in [6.45, 7) is 4.32. The summed E-state index contributed by atoms with van der Waals surface area (Å²) in [5.74, 6) is -0.190. The number of rotatable bonds is 3. The highest BCUT2D eigenvalue weighted by Crippen LogP contribution is 2.08. The minimum absolute atomic E-state index is 0.0863. The van der Waals surface area contributed by atoms with Crippen molar-refractivity contribution in [3.05, 3.63) is 35.6 Å². The minimum atomic E-state index is -0.190. The van der Waals surface area contributed by atoms with Gasteiger partial charge in [-0.05, 0) is 24.1 Å². The van der Waals surface area contributed by atoms with E-state index >= 15 is 0 Å². The fourth-order valence-electron chi connectivity index (χ4n) is 2.38. The highest BCUT2D eigenvalue weighted by atomic mass is 19.1. The summed E-state index contributed by atoms with van der Waals surface area (Å²) in [5, 5.41) is 0. The van der Waals surface area contributed by atoms with Gasteiger partial charge in [0.15, 0.2) is 0 Å². The second-order valence-electron chi connectivity index (χ2n) is 5.38. The molecule has 0 saturated carbocycles. The van der Waals surface area contributed by atoms with Crippen molar-refractivity contribution in [1.82, 2.24) is 14.7 Å². The van der Waals surface area contributed by atoms with Crippen molar-refractivity contribution in [2.45, 2.75) is 6.42 Å². The summed E-state index contributed by atoms with van der Waals surface area (Å²) in [6.07, 6.45) is 0.919. The van der Waals surface area contributed by atoms with Crippen LogP contribution in [-0.2, 0) is 6.42 Å². The summed E-state index contributed by atoms with van der Waals surface area (Å²) in [4.78, 5) is 17.7. The van der Waals surface area contributed by atoms with Gasteiger partial charge >= 0.3 is 6.03 Å². The first kappa shape index (κ1) is 14.8. The largest absolute Gasteiger partial charge is 0.331 e. The van der Waals surface area contributed by atoms with Crippen LogP contribution in [0.1, 0.15) is 5.56 Å². The number of carbonyl (C=O) groups is 1. The normalized spacial score (nSPS) is 16.2. The smallest absolute Gasteiger partial charge is 0.319 e. The van der Waals surface area contributed by atoms with Crippen LogP contribution in [0.5, 0.6) is 0 Å². The first-order valence-corrected chi connectivity index (χ1v) is 6.99. The van der Waals surface area contributed by atoms with Crippen LogP contribution >= 0.6 is 0 Å². The van der Waals surface area contributed by atoms with Crippen LogP contribution in [0.3, 0.4) is 0 Å². The van der Waals surface area contributed by atoms with E-state index in [0.29, 0.717) is 0 Å². The molecule has 0 aliphatic carbocycles. The van der Waals surface area contributed by atoms with E-state index in [1.54, 1.807) is 19.0 Å². The molecule has 0 radical (unpaired) electrons. The number of amides is 2. The molecule has 1 heterocycles. The fourth-order valence-corrected chi connectivity index (χ4v) is 2.38. The number of hydrogen-bond acceptors (Lipinski definition) is 2. The van der Waals surface area contributed by atoms with Crippen LogP contribution in [0.25, 0.3) is 0 Å². The van der Waals surface area contributed by atoms with E-state index in [9.17, 15) is 9.18 Å². The van der Waals surface area contributed by atoms with Crippen LogP contribution in [0.15, 0.2) is 24.3 Å². The molecule has 5 heteroatoms. The van der Waals surface area contributed by atoms with E-state index < -0.39 is 0 Å². The molecule has 4 nitrogen and oxygen atoms in total. The van der Waals surface area contributed by atoms with Crippen molar-refractivity contribution in [2.75, 3.05) is 46.8 Å². The highest BCUT2D eigenvalue weighted by Gasteiger charge is 2.21. The van der Waals surface area contributed by atoms with Gasteiger partial charge in [-0.3, -0.25) is 4.90 Å². The van der Waals surface area contributed by atoms with E-state index in [2.05, 4.69) is 4.90 Å². The maximum atomic E-state index is 12.8. The molecule has 0 bridgehead atoms. The summed E-state index contributed by atoms with van der Waals surface area (Å²) < 4.78 is 12.8. The van der Waals surface area contributed by atoms with Crippen molar-refractivity contribution in [2.24, 2.45) is 0 Å². The quantitative estimate of drug-likeness (QED) is 0.841. The number of benzene rings is 1. The van der Waals surface area contributed by atoms with Gasteiger partial charge in [-0.2, -0.15) is 0 Å². The summed E-state index contributed by atoms with van der Waals surface area (Å²) in [5.41, 5.74) is 1.15. The third kappa shape index (κ3) is 3.93. The lowest BCUT2D eigenvalue weighted by molar-refractivity contribution is 0.124. The lowest BCUT2D eigenvalue weighted by Gasteiger charge is -2.35. The molecule has 0 atom stereocenters. The van der Waals surface area contributed by atoms with Gasteiger partial charge in [0.2, 0.25) is 0 Å². The SMILES string of the molecule is CN(C)C(=O)N1CCN(CCc2ccc(F)cc2)CC1. The van der Waals surface area contributed by atoms with E-state index in [-0.39, 0.29) is 11.8 Å². The summed E-state index contributed by atoms with van der Waals surface area (Å²) >= 11 is 0. The number of urea groups is 1. The van der Waals surface area contributed by atoms with Gasteiger partial charge in [0.25, 0.3) is 0 Å². The second-order valence-corrected chi connectivity index (χ2v) is 5.38. The number of carbonyl (C=O) groups excluding carboxylic acids is 1. The lowest BCUT2D eigenvalue weighted by Crippen LogP contribution is -2.51. The molecule has 1 aromatic carbocycles. The maximum absolute atomic E-state index is 12.8. The van der Waals surface area contributed by atoms with Crippen molar-refractivity contribution in [3.8, 4) is 0 Å². The standard InChI is InChI=1S/C15H22FN3O/c1-17(2)15(20)19-11-9-18(10-12-19)8-7-13-3-5-14(16)6-4-13/h3-6H,7-12H2,1-2H3. The van der Waals surface area contributed by atoms with Gasteiger partial charge in [-0.25, -0.2) is 9.18 Å². The van der Waals surface area contributed by atoms with Crippen molar-refractivity contribution >= 4 is 6.03 Å². The third-order valence-corrected chi connectivity index (χ3v) is 3.66. The van der Waals surface area contributed by atoms with Crippen LogP contribution in [0.2, 0.25) is 0 Å². The number of hydrogen-bond donors (Lipinski definition) is 0. The predicted molar refractivity (Wildman–Crippen MR) is 77.2 cm³/mol. The van der Waals surface area contributed by atoms with Crippen LogP contribution in [0, 0.1) is 5.82 Å².